The van der Waals surface area contributed by atoms with Gasteiger partial charge in [-0.25, -0.2) is 0 Å². The number of anilines is 1. The van der Waals surface area contributed by atoms with E-state index in [0.29, 0.717) is 0 Å². The second-order valence-electron chi connectivity index (χ2n) is 4.06. The van der Waals surface area contributed by atoms with Crippen molar-refractivity contribution in [3.05, 3.63) is 59.7 Å². The van der Waals surface area contributed by atoms with Gasteiger partial charge >= 0.3 is 0 Å². The molecule has 0 atom stereocenters. The van der Waals surface area contributed by atoms with E-state index in [1.807, 2.05) is 30.0 Å². The third-order valence-corrected chi connectivity index (χ3v) is 3.95. The lowest BCUT2D eigenvalue weighted by Gasteiger charge is -2.07. The van der Waals surface area contributed by atoms with Gasteiger partial charge in [0, 0.05) is 16.3 Å². The maximum atomic E-state index is 5.92. The Balaban J connectivity index is 1.93. The molecule has 2 N–H and O–H groups in total. The molecule has 2 heteroatoms. The van der Waals surface area contributed by atoms with Crippen molar-refractivity contribution in [1.29, 1.82) is 0 Å². The summed E-state index contributed by atoms with van der Waals surface area (Å²) < 4.78 is 0. The number of hydrogen-bond acceptors (Lipinski definition) is 2. The van der Waals surface area contributed by atoms with Gasteiger partial charge in [-0.3, -0.25) is 0 Å². The van der Waals surface area contributed by atoms with E-state index >= 15 is 0 Å². The van der Waals surface area contributed by atoms with E-state index in [9.17, 15) is 0 Å². The molecule has 0 saturated heterocycles. The first-order valence-corrected chi connectivity index (χ1v) is 6.78. The highest BCUT2D eigenvalue weighted by molar-refractivity contribution is 7.99. The van der Waals surface area contributed by atoms with Gasteiger partial charge in [0.25, 0.3) is 0 Å². The summed E-state index contributed by atoms with van der Waals surface area (Å²) in [4.78, 5) is 1.36. The number of rotatable bonds is 4. The molecule has 0 aliphatic rings. The van der Waals surface area contributed by atoms with Crippen LogP contribution in [0.15, 0.2) is 53.4 Å². The normalized spacial score (nSPS) is 10.4. The molecule has 0 aliphatic heterocycles. The van der Waals surface area contributed by atoms with E-state index in [0.717, 1.165) is 17.9 Å². The molecule has 1 nitrogen and oxygen atoms in total. The maximum absolute atomic E-state index is 5.92. The zero-order valence-corrected chi connectivity index (χ0v) is 10.8. The predicted octanol–water partition coefficient (Wildman–Crippen LogP) is 3.91. The van der Waals surface area contributed by atoms with Crippen LogP contribution in [-0.4, -0.2) is 5.75 Å². The molecule has 0 aromatic heterocycles. The van der Waals surface area contributed by atoms with Crippen LogP contribution < -0.4 is 5.73 Å². The van der Waals surface area contributed by atoms with Crippen LogP contribution in [-0.2, 0) is 6.42 Å². The first-order chi connectivity index (χ1) is 8.27. The molecule has 2 aromatic rings. The molecule has 0 unspecified atom stereocenters. The van der Waals surface area contributed by atoms with Gasteiger partial charge in [0.2, 0.25) is 0 Å². The highest BCUT2D eigenvalue weighted by Crippen LogP contribution is 2.23. The molecule has 0 bridgehead atoms. The van der Waals surface area contributed by atoms with Crippen molar-refractivity contribution in [3.8, 4) is 0 Å². The third-order valence-electron chi connectivity index (χ3n) is 2.78. The second-order valence-corrected chi connectivity index (χ2v) is 5.20. The maximum Gasteiger partial charge on any atom is 0.0346 e. The zero-order chi connectivity index (χ0) is 12.1. The summed E-state index contributed by atoms with van der Waals surface area (Å²) in [5.41, 5.74) is 9.41. The Hall–Kier alpha value is -1.41. The molecule has 0 saturated carbocycles. The lowest BCUT2D eigenvalue weighted by atomic mass is 10.1. The van der Waals surface area contributed by atoms with Gasteiger partial charge in [-0.1, -0.05) is 36.4 Å². The standard InChI is InChI=1S/C15H17NS/c1-12-6-2-5-9-15(12)17-11-10-13-7-3-4-8-14(13)16/h2-9H,10-11,16H2,1H3. The summed E-state index contributed by atoms with van der Waals surface area (Å²) in [6, 6.07) is 16.6. The van der Waals surface area contributed by atoms with E-state index in [1.165, 1.54) is 16.0 Å². The number of thioether (sulfide) groups is 1. The summed E-state index contributed by atoms with van der Waals surface area (Å²) in [6.45, 7) is 2.15. The summed E-state index contributed by atoms with van der Waals surface area (Å²) in [5.74, 6) is 1.07. The van der Waals surface area contributed by atoms with Gasteiger partial charge in [-0.15, -0.1) is 11.8 Å². The monoisotopic (exact) mass is 243 g/mol. The zero-order valence-electron chi connectivity index (χ0n) is 10.0. The Kier molecular flexibility index (Phi) is 4.10. The van der Waals surface area contributed by atoms with Crippen molar-refractivity contribution in [2.24, 2.45) is 0 Å². The van der Waals surface area contributed by atoms with Crippen LogP contribution in [0, 0.1) is 6.92 Å². The van der Waals surface area contributed by atoms with Gasteiger partial charge < -0.3 is 5.73 Å². The van der Waals surface area contributed by atoms with Gasteiger partial charge in [0.15, 0.2) is 0 Å². The van der Waals surface area contributed by atoms with Crippen molar-refractivity contribution in [1.82, 2.24) is 0 Å². The molecule has 88 valence electrons. The third kappa shape index (κ3) is 3.27. The van der Waals surface area contributed by atoms with Crippen molar-refractivity contribution in [3.63, 3.8) is 0 Å². The molecule has 0 radical (unpaired) electrons. The smallest absolute Gasteiger partial charge is 0.0346 e. The lowest BCUT2D eigenvalue weighted by molar-refractivity contribution is 1.15. The fourth-order valence-electron chi connectivity index (χ4n) is 1.75. The van der Waals surface area contributed by atoms with Crippen LogP contribution in [0.25, 0.3) is 0 Å². The minimum atomic E-state index is 0.901. The van der Waals surface area contributed by atoms with Gasteiger partial charge in [0.1, 0.15) is 0 Å². The van der Waals surface area contributed by atoms with Crippen LogP contribution in [0.1, 0.15) is 11.1 Å². The summed E-state index contributed by atoms with van der Waals surface area (Å²) in [5, 5.41) is 0. The van der Waals surface area contributed by atoms with E-state index in [4.69, 9.17) is 5.73 Å². The molecule has 0 aliphatic carbocycles. The molecule has 0 spiro atoms. The molecule has 2 aromatic carbocycles. The largest absolute Gasteiger partial charge is 0.399 e. The van der Waals surface area contributed by atoms with Crippen molar-refractivity contribution < 1.29 is 0 Å². The summed E-state index contributed by atoms with van der Waals surface area (Å²) in [6.07, 6.45) is 1.02. The van der Waals surface area contributed by atoms with Crippen molar-refractivity contribution in [2.75, 3.05) is 11.5 Å². The summed E-state index contributed by atoms with van der Waals surface area (Å²) in [7, 11) is 0. The summed E-state index contributed by atoms with van der Waals surface area (Å²) >= 11 is 1.90. The Morgan fingerprint density at radius 2 is 1.71 bits per heavy atom. The Morgan fingerprint density at radius 1 is 1.00 bits per heavy atom. The molecular weight excluding hydrogens is 226 g/mol. The minimum absolute atomic E-state index is 0.901. The fraction of sp³-hybridized carbons (Fsp3) is 0.200. The molecule has 0 heterocycles. The first kappa shape index (κ1) is 12.1. The van der Waals surface area contributed by atoms with Crippen LogP contribution >= 0.6 is 11.8 Å². The van der Waals surface area contributed by atoms with Gasteiger partial charge in [-0.2, -0.15) is 0 Å². The predicted molar refractivity (Wildman–Crippen MR) is 76.5 cm³/mol. The molecule has 17 heavy (non-hydrogen) atoms. The highest BCUT2D eigenvalue weighted by Gasteiger charge is 2.00. The topological polar surface area (TPSA) is 26.0 Å². The van der Waals surface area contributed by atoms with Crippen molar-refractivity contribution >= 4 is 17.4 Å². The van der Waals surface area contributed by atoms with Crippen LogP contribution in [0.3, 0.4) is 0 Å². The second kappa shape index (κ2) is 5.78. The Labute approximate surface area is 107 Å². The minimum Gasteiger partial charge on any atom is -0.399 e. The van der Waals surface area contributed by atoms with E-state index in [2.05, 4.69) is 37.3 Å². The van der Waals surface area contributed by atoms with E-state index in [-0.39, 0.29) is 0 Å². The molecule has 0 fully saturated rings. The fourth-order valence-corrected chi connectivity index (χ4v) is 2.76. The van der Waals surface area contributed by atoms with E-state index < -0.39 is 0 Å². The lowest BCUT2D eigenvalue weighted by Crippen LogP contribution is -1.95. The molecule has 2 rings (SSSR count). The van der Waals surface area contributed by atoms with Crippen LogP contribution in [0.4, 0.5) is 5.69 Å². The number of nitrogens with two attached hydrogens (primary N) is 1. The Bertz CT molecular complexity index is 448. The number of para-hydroxylation sites is 1. The first-order valence-electron chi connectivity index (χ1n) is 5.79. The highest BCUT2D eigenvalue weighted by atomic mass is 32.2. The molecular formula is C15H17NS. The number of aryl methyl sites for hydroxylation is 2. The van der Waals surface area contributed by atoms with E-state index in [1.54, 1.807) is 0 Å². The quantitative estimate of drug-likeness (QED) is 0.651. The number of hydrogen-bond donors (Lipinski definition) is 1. The van der Waals surface area contributed by atoms with Crippen LogP contribution in [0.2, 0.25) is 0 Å². The number of benzene rings is 2. The van der Waals surface area contributed by atoms with Gasteiger partial charge in [-0.05, 0) is 36.6 Å². The van der Waals surface area contributed by atoms with Crippen LogP contribution in [0.5, 0.6) is 0 Å². The average Bonchev–Trinajstić information content (AvgIpc) is 2.34. The van der Waals surface area contributed by atoms with Gasteiger partial charge in [0.05, 0.1) is 0 Å². The average molecular weight is 243 g/mol. The SMILES string of the molecule is Cc1ccccc1SCCc1ccccc1N. The van der Waals surface area contributed by atoms with Crippen molar-refractivity contribution in [2.45, 2.75) is 18.2 Å². The number of nitrogen functional groups attached to an aromatic ring is 1. The Morgan fingerprint density at radius 3 is 2.47 bits per heavy atom. The molecule has 0 amide bonds.